The van der Waals surface area contributed by atoms with E-state index in [-0.39, 0.29) is 5.82 Å². The summed E-state index contributed by atoms with van der Waals surface area (Å²) in [4.78, 5) is 0. The second kappa shape index (κ2) is 6.97. The Labute approximate surface area is 124 Å². The first-order valence-corrected chi connectivity index (χ1v) is 6.93. The summed E-state index contributed by atoms with van der Waals surface area (Å²) in [5.74, 6) is 1.21. The normalized spacial score (nSPS) is 10.3. The molecular formula is C17H20FNO2. The molecule has 21 heavy (non-hydrogen) atoms. The van der Waals surface area contributed by atoms with Gasteiger partial charge >= 0.3 is 0 Å². The Hall–Kier alpha value is -2.23. The highest BCUT2D eigenvalue weighted by atomic mass is 19.1. The minimum atomic E-state index is -0.209. The molecular weight excluding hydrogens is 269 g/mol. The van der Waals surface area contributed by atoms with E-state index in [0.29, 0.717) is 18.9 Å². The van der Waals surface area contributed by atoms with Gasteiger partial charge in [-0.05, 0) is 49.2 Å². The van der Waals surface area contributed by atoms with Crippen LogP contribution in [0, 0.1) is 12.7 Å². The zero-order chi connectivity index (χ0) is 15.2. The number of methoxy groups -OCH3 is 1. The molecule has 3 nitrogen and oxygen atoms in total. The molecule has 0 aliphatic carbocycles. The maximum atomic E-state index is 13.1. The summed E-state index contributed by atoms with van der Waals surface area (Å²) in [5.41, 5.74) is 2.92. The van der Waals surface area contributed by atoms with E-state index in [1.165, 1.54) is 12.1 Å². The molecule has 2 aromatic rings. The molecule has 0 saturated carbocycles. The molecule has 0 aliphatic rings. The molecule has 0 amide bonds. The van der Waals surface area contributed by atoms with Crippen molar-refractivity contribution >= 4 is 5.69 Å². The summed E-state index contributed by atoms with van der Waals surface area (Å²) in [7, 11) is 1.62. The van der Waals surface area contributed by atoms with Crippen LogP contribution in [0.3, 0.4) is 0 Å². The molecule has 0 aliphatic heterocycles. The Kier molecular flexibility index (Phi) is 5.04. The molecule has 2 aromatic carbocycles. The molecule has 0 aromatic heterocycles. The van der Waals surface area contributed by atoms with Gasteiger partial charge in [-0.3, -0.25) is 0 Å². The van der Waals surface area contributed by atoms with Crippen LogP contribution in [-0.2, 0) is 6.54 Å². The molecule has 0 radical (unpaired) electrons. The summed E-state index contributed by atoms with van der Waals surface area (Å²) < 4.78 is 23.9. The smallest absolute Gasteiger partial charge is 0.162 e. The first-order valence-electron chi connectivity index (χ1n) is 6.93. The number of hydrogen-bond donors (Lipinski definition) is 1. The van der Waals surface area contributed by atoms with Crippen LogP contribution in [0.15, 0.2) is 36.4 Å². The lowest BCUT2D eigenvalue weighted by Gasteiger charge is -2.13. The van der Waals surface area contributed by atoms with Crippen molar-refractivity contribution in [3.8, 4) is 11.5 Å². The second-order valence-electron chi connectivity index (χ2n) is 4.72. The Bertz CT molecular complexity index is 614. The van der Waals surface area contributed by atoms with Crippen molar-refractivity contribution in [2.75, 3.05) is 19.0 Å². The fourth-order valence-electron chi connectivity index (χ4n) is 2.11. The average Bonchev–Trinajstić information content (AvgIpc) is 2.47. The highest BCUT2D eigenvalue weighted by Crippen LogP contribution is 2.30. The minimum absolute atomic E-state index is 0.209. The maximum absolute atomic E-state index is 13.1. The predicted octanol–water partition coefficient (Wildman–Crippen LogP) is 4.15. The largest absolute Gasteiger partial charge is 0.493 e. The summed E-state index contributed by atoms with van der Waals surface area (Å²) in [5, 5.41) is 3.31. The number of halogens is 1. The number of nitrogens with one attached hydrogen (secondary N) is 1. The van der Waals surface area contributed by atoms with Crippen molar-refractivity contribution in [2.24, 2.45) is 0 Å². The van der Waals surface area contributed by atoms with Crippen molar-refractivity contribution < 1.29 is 13.9 Å². The lowest BCUT2D eigenvalue weighted by Crippen LogP contribution is -2.02. The van der Waals surface area contributed by atoms with Gasteiger partial charge in [0.2, 0.25) is 0 Å². The van der Waals surface area contributed by atoms with Crippen LogP contribution in [0.1, 0.15) is 18.1 Å². The first-order chi connectivity index (χ1) is 10.1. The van der Waals surface area contributed by atoms with Crippen LogP contribution in [0.5, 0.6) is 11.5 Å². The third-order valence-electron chi connectivity index (χ3n) is 3.25. The third-order valence-corrected chi connectivity index (χ3v) is 3.25. The number of rotatable bonds is 6. The van der Waals surface area contributed by atoms with Gasteiger partial charge in [0, 0.05) is 18.3 Å². The average molecular weight is 289 g/mol. The van der Waals surface area contributed by atoms with Crippen LogP contribution in [-0.4, -0.2) is 13.7 Å². The van der Waals surface area contributed by atoms with Gasteiger partial charge in [-0.2, -0.15) is 0 Å². The molecule has 2 rings (SSSR count). The predicted molar refractivity (Wildman–Crippen MR) is 82.6 cm³/mol. The van der Waals surface area contributed by atoms with Crippen LogP contribution in [0.4, 0.5) is 10.1 Å². The second-order valence-corrected chi connectivity index (χ2v) is 4.72. The van der Waals surface area contributed by atoms with Crippen molar-refractivity contribution in [1.29, 1.82) is 0 Å². The van der Waals surface area contributed by atoms with Crippen molar-refractivity contribution in [2.45, 2.75) is 20.4 Å². The number of anilines is 1. The Balaban J connectivity index is 2.09. The van der Waals surface area contributed by atoms with E-state index in [1.54, 1.807) is 13.2 Å². The molecule has 0 spiro atoms. The summed E-state index contributed by atoms with van der Waals surface area (Å²) in [6.45, 7) is 5.06. The molecule has 0 saturated heterocycles. The van der Waals surface area contributed by atoms with Crippen molar-refractivity contribution in [3.63, 3.8) is 0 Å². The zero-order valence-electron chi connectivity index (χ0n) is 12.6. The highest BCUT2D eigenvalue weighted by Gasteiger charge is 2.06. The fraction of sp³-hybridized carbons (Fsp3) is 0.294. The summed E-state index contributed by atoms with van der Waals surface area (Å²) >= 11 is 0. The van der Waals surface area contributed by atoms with E-state index in [9.17, 15) is 4.39 Å². The van der Waals surface area contributed by atoms with Crippen LogP contribution >= 0.6 is 0 Å². The number of ether oxygens (including phenoxy) is 2. The molecule has 1 N–H and O–H groups in total. The van der Waals surface area contributed by atoms with Gasteiger partial charge in [0.25, 0.3) is 0 Å². The molecule has 0 heterocycles. The van der Waals surface area contributed by atoms with E-state index < -0.39 is 0 Å². The minimum Gasteiger partial charge on any atom is -0.493 e. The molecule has 112 valence electrons. The van der Waals surface area contributed by atoms with Gasteiger partial charge < -0.3 is 14.8 Å². The standard InChI is InChI=1S/C17H20FNO2/c1-4-21-16-8-7-15(10-17(16)20-3)19-11-13-5-6-14(18)9-12(13)2/h5-10,19H,4,11H2,1-3H3. The van der Waals surface area contributed by atoms with Crippen LogP contribution in [0.25, 0.3) is 0 Å². The van der Waals surface area contributed by atoms with Gasteiger partial charge in [-0.15, -0.1) is 0 Å². The van der Waals surface area contributed by atoms with Crippen LogP contribution in [0.2, 0.25) is 0 Å². The topological polar surface area (TPSA) is 30.5 Å². The van der Waals surface area contributed by atoms with Gasteiger partial charge in [0.1, 0.15) is 5.82 Å². The van der Waals surface area contributed by atoms with Gasteiger partial charge in [-0.1, -0.05) is 6.07 Å². The first kappa shape index (κ1) is 15.2. The number of aryl methyl sites for hydroxylation is 1. The molecule has 0 atom stereocenters. The molecule has 4 heteroatoms. The lowest BCUT2D eigenvalue weighted by atomic mass is 10.1. The van der Waals surface area contributed by atoms with E-state index in [4.69, 9.17) is 9.47 Å². The quantitative estimate of drug-likeness (QED) is 0.866. The van der Waals surface area contributed by atoms with Gasteiger partial charge in [0.15, 0.2) is 11.5 Å². The van der Waals surface area contributed by atoms with Crippen molar-refractivity contribution in [1.82, 2.24) is 0 Å². The van der Waals surface area contributed by atoms with E-state index in [2.05, 4.69) is 5.32 Å². The molecule has 0 unspecified atom stereocenters. The van der Waals surface area contributed by atoms with Crippen LogP contribution < -0.4 is 14.8 Å². The van der Waals surface area contributed by atoms with E-state index in [0.717, 1.165) is 22.6 Å². The van der Waals surface area contributed by atoms with Crippen molar-refractivity contribution in [3.05, 3.63) is 53.3 Å². The van der Waals surface area contributed by atoms with Gasteiger partial charge in [0.05, 0.1) is 13.7 Å². The monoisotopic (exact) mass is 289 g/mol. The molecule has 0 bridgehead atoms. The summed E-state index contributed by atoms with van der Waals surface area (Å²) in [6, 6.07) is 10.5. The van der Waals surface area contributed by atoms with E-state index >= 15 is 0 Å². The summed E-state index contributed by atoms with van der Waals surface area (Å²) in [6.07, 6.45) is 0. The highest BCUT2D eigenvalue weighted by molar-refractivity contribution is 5.55. The number of benzene rings is 2. The Morgan fingerprint density at radius 1 is 1.10 bits per heavy atom. The Morgan fingerprint density at radius 3 is 2.57 bits per heavy atom. The van der Waals surface area contributed by atoms with Gasteiger partial charge in [-0.25, -0.2) is 4.39 Å². The van der Waals surface area contributed by atoms with E-state index in [1.807, 2.05) is 32.0 Å². The number of hydrogen-bond acceptors (Lipinski definition) is 3. The SMILES string of the molecule is CCOc1ccc(NCc2ccc(F)cc2C)cc1OC. The maximum Gasteiger partial charge on any atom is 0.162 e. The molecule has 0 fully saturated rings. The lowest BCUT2D eigenvalue weighted by molar-refractivity contribution is 0.311. The Morgan fingerprint density at radius 2 is 1.90 bits per heavy atom. The third kappa shape index (κ3) is 3.88. The fourth-order valence-corrected chi connectivity index (χ4v) is 2.11. The zero-order valence-corrected chi connectivity index (χ0v) is 12.6.